The highest BCUT2D eigenvalue weighted by atomic mass is 16.5. The van der Waals surface area contributed by atoms with E-state index in [0.717, 1.165) is 75.8 Å². The summed E-state index contributed by atoms with van der Waals surface area (Å²) in [5, 5.41) is 0. The van der Waals surface area contributed by atoms with E-state index in [2.05, 4.69) is 32.9 Å². The highest BCUT2D eigenvalue weighted by Crippen LogP contribution is 2.29. The van der Waals surface area contributed by atoms with E-state index in [0.29, 0.717) is 5.91 Å². The lowest BCUT2D eigenvalue weighted by atomic mass is 9.94. The normalized spacial score (nSPS) is 18.1. The number of para-hydroxylation sites is 2. The number of piperidine rings is 1. The number of hydrogen-bond acceptors (Lipinski definition) is 5. The Balaban J connectivity index is 1.26. The molecular formula is C25H33N3O3. The Bertz CT molecular complexity index is 872. The number of carbonyl (C=O) groups excluding carboxylic acids is 1. The molecule has 6 nitrogen and oxygen atoms in total. The molecular weight excluding hydrogens is 390 g/mol. The van der Waals surface area contributed by atoms with Crippen LogP contribution in [0.2, 0.25) is 0 Å². The zero-order chi connectivity index (χ0) is 21.6. The van der Waals surface area contributed by atoms with E-state index >= 15 is 0 Å². The Morgan fingerprint density at radius 1 is 0.903 bits per heavy atom. The number of rotatable bonds is 6. The smallest absolute Gasteiger partial charge is 0.225 e. The fourth-order valence-electron chi connectivity index (χ4n) is 4.68. The Morgan fingerprint density at radius 3 is 2.35 bits per heavy atom. The van der Waals surface area contributed by atoms with Crippen molar-refractivity contribution in [3.8, 4) is 11.5 Å². The minimum absolute atomic E-state index is 0.152. The van der Waals surface area contributed by atoms with Gasteiger partial charge in [-0.25, -0.2) is 0 Å². The largest absolute Gasteiger partial charge is 0.497 e. The molecule has 6 heteroatoms. The van der Waals surface area contributed by atoms with Gasteiger partial charge in [0.25, 0.3) is 0 Å². The van der Waals surface area contributed by atoms with Crippen LogP contribution in [-0.4, -0.2) is 69.2 Å². The SMILES string of the molecule is COc1cccc(CN2CCC(C(=O)N3CCN(c4ccccc4OC)CC3)CC2)c1. The zero-order valence-corrected chi connectivity index (χ0v) is 18.6. The van der Waals surface area contributed by atoms with Crippen molar-refractivity contribution in [2.75, 3.05) is 58.4 Å². The molecule has 166 valence electrons. The first-order valence-electron chi connectivity index (χ1n) is 11.2. The Morgan fingerprint density at radius 2 is 1.65 bits per heavy atom. The summed E-state index contributed by atoms with van der Waals surface area (Å²) in [5.74, 6) is 2.28. The molecule has 0 unspecified atom stereocenters. The minimum Gasteiger partial charge on any atom is -0.497 e. The number of carbonyl (C=O) groups is 1. The van der Waals surface area contributed by atoms with Gasteiger partial charge in [-0.3, -0.25) is 9.69 Å². The lowest BCUT2D eigenvalue weighted by Gasteiger charge is -2.39. The number of piperazine rings is 1. The lowest BCUT2D eigenvalue weighted by molar-refractivity contribution is -0.137. The quantitative estimate of drug-likeness (QED) is 0.714. The number of benzene rings is 2. The second kappa shape index (κ2) is 10.1. The third-order valence-corrected chi connectivity index (χ3v) is 6.49. The maximum absolute atomic E-state index is 13.1. The van der Waals surface area contributed by atoms with E-state index in [9.17, 15) is 4.79 Å². The monoisotopic (exact) mass is 423 g/mol. The molecule has 0 aromatic heterocycles. The number of nitrogens with zero attached hydrogens (tertiary/aromatic N) is 3. The summed E-state index contributed by atoms with van der Waals surface area (Å²) in [6, 6.07) is 16.4. The first-order chi connectivity index (χ1) is 15.2. The van der Waals surface area contributed by atoms with Gasteiger partial charge >= 0.3 is 0 Å². The van der Waals surface area contributed by atoms with Crippen LogP contribution in [0.15, 0.2) is 48.5 Å². The van der Waals surface area contributed by atoms with E-state index < -0.39 is 0 Å². The predicted molar refractivity (Wildman–Crippen MR) is 123 cm³/mol. The Kier molecular flexibility index (Phi) is 6.97. The topological polar surface area (TPSA) is 45.2 Å². The third-order valence-electron chi connectivity index (χ3n) is 6.49. The highest BCUT2D eigenvalue weighted by Gasteiger charge is 2.30. The molecule has 0 atom stereocenters. The maximum atomic E-state index is 13.1. The van der Waals surface area contributed by atoms with Crippen molar-refractivity contribution in [3.63, 3.8) is 0 Å². The van der Waals surface area contributed by atoms with Crippen molar-refractivity contribution < 1.29 is 14.3 Å². The van der Waals surface area contributed by atoms with Gasteiger partial charge in [0, 0.05) is 38.6 Å². The molecule has 4 rings (SSSR count). The first-order valence-corrected chi connectivity index (χ1v) is 11.2. The standard InChI is InChI=1S/C25H33N3O3/c1-30-22-7-5-6-20(18-22)19-26-12-10-21(11-13-26)25(29)28-16-14-27(15-17-28)23-8-3-4-9-24(23)31-2/h3-9,18,21H,10-17,19H2,1-2H3. The number of likely N-dealkylation sites (tertiary alicyclic amines) is 1. The average Bonchev–Trinajstić information content (AvgIpc) is 2.84. The molecule has 2 aromatic rings. The molecule has 2 fully saturated rings. The molecule has 31 heavy (non-hydrogen) atoms. The van der Waals surface area contributed by atoms with Crippen LogP contribution in [0.3, 0.4) is 0 Å². The van der Waals surface area contributed by atoms with E-state index in [-0.39, 0.29) is 5.92 Å². The molecule has 0 radical (unpaired) electrons. The number of ether oxygens (including phenoxy) is 2. The molecule has 2 aliphatic heterocycles. The van der Waals surface area contributed by atoms with Crippen LogP contribution in [0.25, 0.3) is 0 Å². The van der Waals surface area contributed by atoms with Crippen molar-refractivity contribution >= 4 is 11.6 Å². The molecule has 1 amide bonds. The summed E-state index contributed by atoms with van der Waals surface area (Å²) in [4.78, 5) is 19.9. The van der Waals surface area contributed by atoms with E-state index in [1.165, 1.54) is 5.56 Å². The third kappa shape index (κ3) is 5.13. The predicted octanol–water partition coefficient (Wildman–Crippen LogP) is 3.26. The lowest BCUT2D eigenvalue weighted by Crippen LogP contribution is -2.51. The fraction of sp³-hybridized carbons (Fsp3) is 0.480. The number of hydrogen-bond donors (Lipinski definition) is 0. The van der Waals surface area contributed by atoms with E-state index in [4.69, 9.17) is 9.47 Å². The van der Waals surface area contributed by atoms with Crippen molar-refractivity contribution in [1.82, 2.24) is 9.80 Å². The fourth-order valence-corrected chi connectivity index (χ4v) is 4.68. The Hall–Kier alpha value is -2.73. The van der Waals surface area contributed by atoms with Crippen LogP contribution >= 0.6 is 0 Å². The van der Waals surface area contributed by atoms with Gasteiger partial charge in [-0.05, 0) is 55.8 Å². The van der Waals surface area contributed by atoms with Crippen LogP contribution in [0, 0.1) is 5.92 Å². The number of methoxy groups -OCH3 is 2. The van der Waals surface area contributed by atoms with Crippen LogP contribution in [0.5, 0.6) is 11.5 Å². The summed E-state index contributed by atoms with van der Waals surface area (Å²) in [5.41, 5.74) is 2.37. The van der Waals surface area contributed by atoms with Gasteiger partial charge in [-0.1, -0.05) is 24.3 Å². The van der Waals surface area contributed by atoms with E-state index in [1.54, 1.807) is 14.2 Å². The van der Waals surface area contributed by atoms with Crippen molar-refractivity contribution in [2.45, 2.75) is 19.4 Å². The van der Waals surface area contributed by atoms with Gasteiger partial charge < -0.3 is 19.3 Å². The summed E-state index contributed by atoms with van der Waals surface area (Å²) < 4.78 is 10.8. The summed E-state index contributed by atoms with van der Waals surface area (Å²) in [6.45, 7) is 6.10. The molecule has 0 saturated carbocycles. The second-order valence-corrected chi connectivity index (χ2v) is 8.39. The van der Waals surface area contributed by atoms with Gasteiger partial charge in [0.15, 0.2) is 0 Å². The van der Waals surface area contributed by atoms with Gasteiger partial charge in [0.1, 0.15) is 11.5 Å². The van der Waals surface area contributed by atoms with Crippen molar-refractivity contribution in [3.05, 3.63) is 54.1 Å². The number of anilines is 1. The van der Waals surface area contributed by atoms with Crippen molar-refractivity contribution in [2.24, 2.45) is 5.92 Å². The first kappa shape index (κ1) is 21.5. The van der Waals surface area contributed by atoms with Gasteiger partial charge in [0.2, 0.25) is 5.91 Å². The molecule has 2 heterocycles. The highest BCUT2D eigenvalue weighted by molar-refractivity contribution is 5.79. The van der Waals surface area contributed by atoms with Gasteiger partial charge in [-0.15, -0.1) is 0 Å². The Labute approximate surface area is 185 Å². The van der Waals surface area contributed by atoms with E-state index in [1.807, 2.05) is 30.3 Å². The molecule has 2 saturated heterocycles. The van der Waals surface area contributed by atoms with Gasteiger partial charge in [0.05, 0.1) is 19.9 Å². The number of amides is 1. The second-order valence-electron chi connectivity index (χ2n) is 8.39. The molecule has 0 spiro atoms. The molecule has 0 bridgehead atoms. The summed E-state index contributed by atoms with van der Waals surface area (Å²) >= 11 is 0. The van der Waals surface area contributed by atoms with Crippen molar-refractivity contribution in [1.29, 1.82) is 0 Å². The molecule has 0 aliphatic carbocycles. The zero-order valence-electron chi connectivity index (χ0n) is 18.6. The van der Waals surface area contributed by atoms with Crippen LogP contribution in [0.1, 0.15) is 18.4 Å². The minimum atomic E-state index is 0.152. The molecule has 0 N–H and O–H groups in total. The molecule has 2 aromatic carbocycles. The summed E-state index contributed by atoms with van der Waals surface area (Å²) in [7, 11) is 3.41. The van der Waals surface area contributed by atoms with Crippen LogP contribution in [-0.2, 0) is 11.3 Å². The molecule has 2 aliphatic rings. The van der Waals surface area contributed by atoms with Gasteiger partial charge in [-0.2, -0.15) is 0 Å². The summed E-state index contributed by atoms with van der Waals surface area (Å²) in [6.07, 6.45) is 1.88. The maximum Gasteiger partial charge on any atom is 0.225 e. The average molecular weight is 424 g/mol. The van der Waals surface area contributed by atoms with Crippen LogP contribution in [0.4, 0.5) is 5.69 Å². The van der Waals surface area contributed by atoms with Crippen LogP contribution < -0.4 is 14.4 Å².